The number of fused-ring (bicyclic) bond motifs is 1. The van der Waals surface area contributed by atoms with E-state index in [1.54, 1.807) is 17.8 Å². The van der Waals surface area contributed by atoms with Crippen LogP contribution >= 0.6 is 19.1 Å². The van der Waals surface area contributed by atoms with Crippen molar-refractivity contribution in [1.82, 2.24) is 19.5 Å². The number of H-pyrrole nitrogens is 1. The van der Waals surface area contributed by atoms with E-state index in [9.17, 15) is 10.2 Å². The number of aliphatic hydroxyl groups excluding tert-OH is 2. The van der Waals surface area contributed by atoms with E-state index < -0.39 is 31.4 Å². The molecule has 24 heavy (non-hydrogen) atoms. The summed E-state index contributed by atoms with van der Waals surface area (Å²) in [5, 5.41) is 20.8. The van der Waals surface area contributed by atoms with Crippen LogP contribution in [-0.4, -0.2) is 73.8 Å². The molecule has 3 N–H and O–H groups in total. The first-order valence-electron chi connectivity index (χ1n) is 7.80. The van der Waals surface area contributed by atoms with Gasteiger partial charge in [0.2, 0.25) is 0 Å². The first kappa shape index (κ1) is 17.8. The first-order chi connectivity index (χ1) is 11.2. The monoisotopic (exact) mass is 370 g/mol. The lowest BCUT2D eigenvalue weighted by Crippen LogP contribution is -2.31. The number of nitrogens with one attached hydrogen (secondary N) is 1. The highest BCUT2D eigenvalue weighted by Crippen LogP contribution is 2.39. The molecule has 3 rings (SSSR count). The Morgan fingerprint density at radius 2 is 2.12 bits per heavy atom. The molecule has 132 valence electrons. The Morgan fingerprint density at radius 1 is 1.42 bits per heavy atom. The Balaban J connectivity index is 1.90. The van der Waals surface area contributed by atoms with Crippen molar-refractivity contribution in [2.45, 2.75) is 37.9 Å². The minimum atomic E-state index is -1.22. The molecule has 0 spiro atoms. The minimum Gasteiger partial charge on any atom is -0.388 e. The third-order valence-corrected chi connectivity index (χ3v) is 5.95. The van der Waals surface area contributed by atoms with Gasteiger partial charge in [-0.05, 0) is 32.8 Å². The molecule has 0 aliphatic carbocycles. The average molecular weight is 370 g/mol. The number of hydrogen-bond donors (Lipinski definition) is 3. The molecule has 0 aromatic carbocycles. The van der Waals surface area contributed by atoms with Crippen LogP contribution in [0.25, 0.3) is 11.2 Å². The van der Waals surface area contributed by atoms with E-state index in [-0.39, 0.29) is 0 Å². The van der Waals surface area contributed by atoms with Crippen molar-refractivity contribution in [2.24, 2.45) is 0 Å². The molecule has 2 aromatic rings. The molecule has 0 amide bonds. The molecule has 1 fully saturated rings. The number of imidazole rings is 1. The van der Waals surface area contributed by atoms with Gasteiger partial charge in [-0.15, -0.1) is 13.2 Å². The molecule has 3 heterocycles. The molecule has 0 saturated carbocycles. The van der Waals surface area contributed by atoms with Crippen molar-refractivity contribution in [3.8, 4) is 0 Å². The number of ether oxygens (including phenoxy) is 1. The quantitative estimate of drug-likeness (QED) is 0.558. The molecule has 4 atom stereocenters. The van der Waals surface area contributed by atoms with Gasteiger partial charge in [0.25, 0.3) is 0 Å². The molecule has 1 saturated heterocycles. The third kappa shape index (κ3) is 3.34. The molecule has 0 radical (unpaired) electrons. The zero-order valence-electron chi connectivity index (χ0n) is 14.0. The average Bonchev–Trinajstić information content (AvgIpc) is 3.00. The van der Waals surface area contributed by atoms with Crippen LogP contribution in [-0.2, 0) is 4.74 Å². The molecular formula is C15H23N4O3PS. The van der Waals surface area contributed by atoms with Gasteiger partial charge in [0.1, 0.15) is 28.2 Å². The second-order valence-electron chi connectivity index (χ2n) is 6.97. The van der Waals surface area contributed by atoms with Crippen molar-refractivity contribution in [3.05, 3.63) is 16.8 Å². The van der Waals surface area contributed by atoms with Crippen LogP contribution in [0.3, 0.4) is 0 Å². The smallest absolute Gasteiger partial charge is 0.167 e. The van der Waals surface area contributed by atoms with Gasteiger partial charge in [-0.1, -0.05) is 12.2 Å². The Morgan fingerprint density at radius 3 is 2.79 bits per heavy atom. The van der Waals surface area contributed by atoms with E-state index in [1.165, 1.54) is 0 Å². The number of aliphatic hydroxyl groups is 2. The maximum Gasteiger partial charge on any atom is 0.167 e. The summed E-state index contributed by atoms with van der Waals surface area (Å²) in [7, 11) is 0. The summed E-state index contributed by atoms with van der Waals surface area (Å²) in [4.78, 5) is 11.6. The largest absolute Gasteiger partial charge is 0.388 e. The minimum absolute atomic E-state index is 0.428. The molecule has 0 bridgehead atoms. The van der Waals surface area contributed by atoms with Crippen molar-refractivity contribution < 1.29 is 14.9 Å². The van der Waals surface area contributed by atoms with Gasteiger partial charge < -0.3 is 19.9 Å². The van der Waals surface area contributed by atoms with Gasteiger partial charge in [0.05, 0.1) is 12.4 Å². The molecule has 2 aromatic heterocycles. The SMILES string of the molecule is C=P(C)(C)CC[C@H]1O[C@@H](n2cnc3c(=S)[nH]c(C)nc32)[C@H](O)[C@@H]1O. The number of aromatic amines is 1. The summed E-state index contributed by atoms with van der Waals surface area (Å²) in [5.74, 6) is 0.655. The number of nitrogens with zero attached hydrogens (tertiary/aromatic N) is 3. The Bertz CT molecular complexity index is 858. The molecule has 9 heteroatoms. The lowest BCUT2D eigenvalue weighted by Gasteiger charge is -2.18. The van der Waals surface area contributed by atoms with E-state index >= 15 is 0 Å². The number of aromatic nitrogens is 4. The van der Waals surface area contributed by atoms with Crippen LogP contribution in [0, 0.1) is 11.6 Å². The lowest BCUT2D eigenvalue weighted by molar-refractivity contribution is -0.0353. The van der Waals surface area contributed by atoms with E-state index in [1.807, 2.05) is 0 Å². The third-order valence-electron chi connectivity index (χ3n) is 4.18. The number of aryl methyl sites for hydroxylation is 1. The Labute approximate surface area is 145 Å². The summed E-state index contributed by atoms with van der Waals surface area (Å²) in [5.41, 5.74) is 1.09. The Hall–Kier alpha value is -1.05. The van der Waals surface area contributed by atoms with E-state index in [4.69, 9.17) is 17.0 Å². The molecule has 1 aliphatic heterocycles. The molecule has 7 nitrogen and oxygen atoms in total. The van der Waals surface area contributed by atoms with Crippen LogP contribution in [0.4, 0.5) is 0 Å². The predicted molar refractivity (Wildman–Crippen MR) is 98.7 cm³/mol. The fraction of sp³-hybridized carbons (Fsp3) is 0.600. The first-order valence-corrected chi connectivity index (χ1v) is 11.3. The van der Waals surface area contributed by atoms with Gasteiger partial charge in [-0.25, -0.2) is 9.97 Å². The van der Waals surface area contributed by atoms with Gasteiger partial charge in [0, 0.05) is 0 Å². The second-order valence-corrected chi connectivity index (χ2v) is 11.7. The summed E-state index contributed by atoms with van der Waals surface area (Å²) in [6.07, 6.45) is 4.13. The van der Waals surface area contributed by atoms with Crippen LogP contribution in [0.1, 0.15) is 18.5 Å². The van der Waals surface area contributed by atoms with Crippen molar-refractivity contribution in [1.29, 1.82) is 0 Å². The van der Waals surface area contributed by atoms with E-state index in [0.717, 1.165) is 6.16 Å². The van der Waals surface area contributed by atoms with E-state index in [2.05, 4.69) is 34.6 Å². The maximum absolute atomic E-state index is 10.4. The highest BCUT2D eigenvalue weighted by molar-refractivity contribution is 7.72. The highest BCUT2D eigenvalue weighted by atomic mass is 32.1. The molecular weight excluding hydrogens is 347 g/mol. The molecule has 1 aliphatic rings. The van der Waals surface area contributed by atoms with Crippen LogP contribution in [0.15, 0.2) is 6.33 Å². The van der Waals surface area contributed by atoms with E-state index in [0.29, 0.717) is 28.0 Å². The fourth-order valence-corrected chi connectivity index (χ4v) is 4.14. The maximum atomic E-state index is 10.4. The van der Waals surface area contributed by atoms with Crippen LogP contribution in [0.5, 0.6) is 0 Å². The Kier molecular flexibility index (Phi) is 4.70. The molecule has 0 unspecified atom stereocenters. The highest BCUT2D eigenvalue weighted by Gasteiger charge is 2.44. The summed E-state index contributed by atoms with van der Waals surface area (Å²) < 4.78 is 8.08. The normalized spacial score (nSPS) is 27.9. The summed E-state index contributed by atoms with van der Waals surface area (Å²) in [6, 6.07) is 0. The van der Waals surface area contributed by atoms with Gasteiger partial charge >= 0.3 is 0 Å². The standard InChI is InChI=1S/C15H23N4O3PS/c1-8-17-13-10(14(24)18-8)16-7-19(13)15-12(21)11(20)9(22-15)5-6-23(2,3)4/h7,9,11-12,15,20-21H,2,5-6H2,1,3-4H3,(H,17,18,24)/t9-,11-,12-,15-/m1/s1. The second kappa shape index (κ2) is 6.35. The zero-order valence-corrected chi connectivity index (χ0v) is 15.7. The predicted octanol–water partition coefficient (Wildman–Crippen LogP) is 1.52. The van der Waals surface area contributed by atoms with Crippen molar-refractivity contribution in [2.75, 3.05) is 19.5 Å². The topological polar surface area (TPSA) is 96.2 Å². The lowest BCUT2D eigenvalue weighted by atomic mass is 10.1. The summed E-state index contributed by atoms with van der Waals surface area (Å²) in [6.45, 7) is 4.86. The number of hydrogen-bond acceptors (Lipinski definition) is 6. The van der Waals surface area contributed by atoms with Gasteiger partial charge in [0.15, 0.2) is 11.9 Å². The number of rotatable bonds is 4. The zero-order chi connectivity index (χ0) is 17.6. The van der Waals surface area contributed by atoms with Crippen LogP contribution < -0.4 is 0 Å². The fourth-order valence-electron chi connectivity index (χ4n) is 2.90. The van der Waals surface area contributed by atoms with Crippen molar-refractivity contribution >= 4 is 36.6 Å². The van der Waals surface area contributed by atoms with Gasteiger partial charge in [-0.2, -0.15) is 0 Å². The van der Waals surface area contributed by atoms with Crippen LogP contribution in [0.2, 0.25) is 0 Å². The van der Waals surface area contributed by atoms with Crippen molar-refractivity contribution in [3.63, 3.8) is 0 Å². The summed E-state index contributed by atoms with van der Waals surface area (Å²) >= 11 is 5.26. The van der Waals surface area contributed by atoms with Gasteiger partial charge in [-0.3, -0.25) is 4.57 Å².